The Morgan fingerprint density at radius 1 is 1.24 bits per heavy atom. The second-order valence-electron chi connectivity index (χ2n) is 5.41. The zero-order valence-electron chi connectivity index (χ0n) is 13.7. The Morgan fingerprint density at radius 3 is 2.68 bits per heavy atom. The summed E-state index contributed by atoms with van der Waals surface area (Å²) in [5.74, 6) is -0.351. The molecule has 0 aliphatic heterocycles. The van der Waals surface area contributed by atoms with Gasteiger partial charge in [-0.05, 0) is 43.2 Å². The third kappa shape index (κ3) is 5.29. The number of anilines is 1. The van der Waals surface area contributed by atoms with Gasteiger partial charge >= 0.3 is 0 Å². The summed E-state index contributed by atoms with van der Waals surface area (Å²) in [5, 5.41) is 17.8. The number of aryl methyl sites for hydroxylation is 2. The first-order valence-corrected chi connectivity index (χ1v) is 7.81. The largest absolute Gasteiger partial charge is 0.376 e. The van der Waals surface area contributed by atoms with E-state index < -0.39 is 4.92 Å². The van der Waals surface area contributed by atoms with Crippen LogP contribution in [0.25, 0.3) is 0 Å². The molecule has 7 nitrogen and oxygen atoms in total. The number of halogens is 1. The van der Waals surface area contributed by atoms with Crippen LogP contribution in [0.5, 0.6) is 0 Å². The lowest BCUT2D eigenvalue weighted by Crippen LogP contribution is -2.25. The standard InChI is InChI=1S/C17H17ClN4O3/c1-11-3-4-14(7-12(11)2)19-10-17(23)21-20-9-13-8-15(22(24)25)5-6-16(13)18/h3-9,19H,10H2,1-2H3,(H,21,23). The van der Waals surface area contributed by atoms with Gasteiger partial charge in [0, 0.05) is 28.4 Å². The van der Waals surface area contributed by atoms with E-state index in [2.05, 4.69) is 15.8 Å². The molecule has 1 amide bonds. The monoisotopic (exact) mass is 360 g/mol. The van der Waals surface area contributed by atoms with E-state index in [1.54, 1.807) is 0 Å². The Labute approximate surface area is 149 Å². The van der Waals surface area contributed by atoms with Crippen LogP contribution in [0.2, 0.25) is 5.02 Å². The van der Waals surface area contributed by atoms with Crippen LogP contribution in [-0.4, -0.2) is 23.6 Å². The second kappa shape index (κ2) is 8.25. The van der Waals surface area contributed by atoms with Gasteiger partial charge in [-0.3, -0.25) is 14.9 Å². The molecule has 0 aliphatic carbocycles. The van der Waals surface area contributed by atoms with Gasteiger partial charge < -0.3 is 5.32 Å². The SMILES string of the molecule is Cc1ccc(NCC(=O)NN=Cc2cc([N+](=O)[O-])ccc2Cl)cc1C. The lowest BCUT2D eigenvalue weighted by molar-refractivity contribution is -0.384. The smallest absolute Gasteiger partial charge is 0.270 e. The molecule has 2 aromatic rings. The molecule has 0 radical (unpaired) electrons. The maximum Gasteiger partial charge on any atom is 0.270 e. The van der Waals surface area contributed by atoms with Gasteiger partial charge in [0.1, 0.15) is 0 Å². The third-order valence-corrected chi connectivity index (χ3v) is 3.89. The molecule has 0 saturated carbocycles. The molecule has 8 heteroatoms. The van der Waals surface area contributed by atoms with Crippen LogP contribution in [0.15, 0.2) is 41.5 Å². The molecule has 0 aliphatic rings. The fourth-order valence-electron chi connectivity index (χ4n) is 1.99. The van der Waals surface area contributed by atoms with Crippen molar-refractivity contribution >= 4 is 35.1 Å². The first kappa shape index (κ1) is 18.4. The summed E-state index contributed by atoms with van der Waals surface area (Å²) in [7, 11) is 0. The summed E-state index contributed by atoms with van der Waals surface area (Å²) in [6.07, 6.45) is 1.27. The van der Waals surface area contributed by atoms with Crippen LogP contribution in [-0.2, 0) is 4.79 Å². The number of nitrogens with zero attached hydrogens (tertiary/aromatic N) is 2. The maximum atomic E-state index is 11.8. The molecule has 0 spiro atoms. The molecule has 0 unspecified atom stereocenters. The molecule has 0 saturated heterocycles. The number of nitrogens with one attached hydrogen (secondary N) is 2. The van der Waals surface area contributed by atoms with E-state index >= 15 is 0 Å². The lowest BCUT2D eigenvalue weighted by Gasteiger charge is -2.07. The predicted molar refractivity (Wildman–Crippen MR) is 98.2 cm³/mol. The van der Waals surface area contributed by atoms with Crippen molar-refractivity contribution in [2.45, 2.75) is 13.8 Å². The quantitative estimate of drug-likeness (QED) is 0.468. The average molecular weight is 361 g/mol. The molecule has 0 atom stereocenters. The summed E-state index contributed by atoms with van der Waals surface area (Å²) in [4.78, 5) is 22.0. The minimum atomic E-state index is -0.528. The molecule has 25 heavy (non-hydrogen) atoms. The highest BCUT2D eigenvalue weighted by Crippen LogP contribution is 2.20. The molecular formula is C17H17ClN4O3. The molecule has 130 valence electrons. The number of amides is 1. The summed E-state index contributed by atoms with van der Waals surface area (Å²) < 4.78 is 0. The van der Waals surface area contributed by atoms with Crippen LogP contribution in [0.3, 0.4) is 0 Å². The minimum Gasteiger partial charge on any atom is -0.376 e. The Morgan fingerprint density at radius 2 is 2.00 bits per heavy atom. The van der Waals surface area contributed by atoms with Gasteiger partial charge in [-0.1, -0.05) is 17.7 Å². The Kier molecular flexibility index (Phi) is 6.08. The molecule has 0 heterocycles. The summed E-state index contributed by atoms with van der Waals surface area (Å²) in [5.41, 5.74) is 5.73. The third-order valence-electron chi connectivity index (χ3n) is 3.54. The van der Waals surface area contributed by atoms with Gasteiger partial charge in [0.2, 0.25) is 0 Å². The number of hydrazone groups is 1. The Bertz CT molecular complexity index is 837. The van der Waals surface area contributed by atoms with E-state index in [0.29, 0.717) is 10.6 Å². The summed E-state index contributed by atoms with van der Waals surface area (Å²) in [6, 6.07) is 9.80. The topological polar surface area (TPSA) is 96.6 Å². The fraction of sp³-hybridized carbons (Fsp3) is 0.176. The van der Waals surface area contributed by atoms with Gasteiger partial charge in [0.25, 0.3) is 11.6 Å². The highest BCUT2D eigenvalue weighted by Gasteiger charge is 2.08. The molecule has 0 fully saturated rings. The van der Waals surface area contributed by atoms with Crippen molar-refractivity contribution in [3.05, 3.63) is 68.2 Å². The number of hydrogen-bond acceptors (Lipinski definition) is 5. The number of nitro groups is 1. The molecule has 0 aromatic heterocycles. The fourth-order valence-corrected chi connectivity index (χ4v) is 2.16. The van der Waals surface area contributed by atoms with Crippen LogP contribution in [0.1, 0.15) is 16.7 Å². The molecule has 2 N–H and O–H groups in total. The van der Waals surface area contributed by atoms with Gasteiger partial charge in [-0.2, -0.15) is 5.10 Å². The van der Waals surface area contributed by atoms with E-state index in [1.165, 1.54) is 30.0 Å². The Balaban J connectivity index is 1.91. The first-order chi connectivity index (χ1) is 11.9. The predicted octanol–water partition coefficient (Wildman–Crippen LogP) is 3.43. The van der Waals surface area contributed by atoms with Crippen molar-refractivity contribution in [2.24, 2.45) is 5.10 Å². The van der Waals surface area contributed by atoms with Gasteiger partial charge in [0.15, 0.2) is 0 Å². The highest BCUT2D eigenvalue weighted by molar-refractivity contribution is 6.33. The second-order valence-corrected chi connectivity index (χ2v) is 5.82. The van der Waals surface area contributed by atoms with Gasteiger partial charge in [0.05, 0.1) is 17.7 Å². The van der Waals surface area contributed by atoms with Crippen molar-refractivity contribution in [2.75, 3.05) is 11.9 Å². The maximum absolute atomic E-state index is 11.8. The normalized spacial score (nSPS) is 10.7. The minimum absolute atomic E-state index is 0.0442. The first-order valence-electron chi connectivity index (χ1n) is 7.44. The van der Waals surface area contributed by atoms with Gasteiger partial charge in [-0.15, -0.1) is 0 Å². The van der Waals surface area contributed by atoms with Crippen LogP contribution < -0.4 is 10.7 Å². The van der Waals surface area contributed by atoms with E-state index in [4.69, 9.17) is 11.6 Å². The number of carbonyl (C=O) groups is 1. The van der Waals surface area contributed by atoms with E-state index in [-0.39, 0.29) is 18.1 Å². The van der Waals surface area contributed by atoms with Crippen molar-refractivity contribution in [1.82, 2.24) is 5.43 Å². The number of nitro benzene ring substituents is 1. The van der Waals surface area contributed by atoms with Crippen LogP contribution in [0.4, 0.5) is 11.4 Å². The van der Waals surface area contributed by atoms with Crippen molar-refractivity contribution in [3.8, 4) is 0 Å². The van der Waals surface area contributed by atoms with E-state index in [9.17, 15) is 14.9 Å². The summed E-state index contributed by atoms with van der Waals surface area (Å²) in [6.45, 7) is 4.05. The highest BCUT2D eigenvalue weighted by atomic mass is 35.5. The van der Waals surface area contributed by atoms with Gasteiger partial charge in [-0.25, -0.2) is 5.43 Å². The number of carbonyl (C=O) groups excluding carboxylic acids is 1. The van der Waals surface area contributed by atoms with Crippen molar-refractivity contribution in [1.29, 1.82) is 0 Å². The number of hydrogen-bond donors (Lipinski definition) is 2. The van der Waals surface area contributed by atoms with E-state index in [1.807, 2.05) is 32.0 Å². The molecular weight excluding hydrogens is 344 g/mol. The molecule has 2 rings (SSSR count). The van der Waals surface area contributed by atoms with Crippen molar-refractivity contribution < 1.29 is 9.72 Å². The number of non-ortho nitro benzene ring substituents is 1. The number of benzene rings is 2. The number of rotatable bonds is 6. The van der Waals surface area contributed by atoms with Crippen LogP contribution >= 0.6 is 11.6 Å². The zero-order valence-corrected chi connectivity index (χ0v) is 14.5. The summed E-state index contributed by atoms with van der Waals surface area (Å²) >= 11 is 5.95. The van der Waals surface area contributed by atoms with Crippen LogP contribution in [0, 0.1) is 24.0 Å². The Hall–Kier alpha value is -2.93. The molecule has 2 aromatic carbocycles. The lowest BCUT2D eigenvalue weighted by atomic mass is 10.1. The molecule has 0 bridgehead atoms. The average Bonchev–Trinajstić information content (AvgIpc) is 2.57. The van der Waals surface area contributed by atoms with E-state index in [0.717, 1.165) is 11.3 Å². The zero-order chi connectivity index (χ0) is 18.4. The van der Waals surface area contributed by atoms with Crippen molar-refractivity contribution in [3.63, 3.8) is 0 Å².